The number of hydrogen-bond donors (Lipinski definition) is 1. The van der Waals surface area contributed by atoms with Crippen molar-refractivity contribution in [2.45, 2.75) is 96.1 Å². The normalized spacial score (nSPS) is 13.9. The Kier molecular flexibility index (Phi) is 18.2. The number of likely N-dealkylation sites (N-methyl/N-ethyl adjacent to an activating group) is 1. The van der Waals surface area contributed by atoms with E-state index in [-0.39, 0.29) is 36.7 Å². The minimum atomic E-state index is -1.12. The third-order valence-corrected chi connectivity index (χ3v) is 5.38. The van der Waals surface area contributed by atoms with Crippen LogP contribution in [0.15, 0.2) is 12.2 Å². The zero-order chi connectivity index (χ0) is 24.2. The molecule has 0 aliphatic rings. The highest BCUT2D eigenvalue weighted by molar-refractivity contribution is 5.69. The van der Waals surface area contributed by atoms with Crippen molar-refractivity contribution < 1.29 is 33.8 Å². The molecule has 7 nitrogen and oxygen atoms in total. The first-order valence-electron chi connectivity index (χ1n) is 12.3. The van der Waals surface area contributed by atoms with Crippen molar-refractivity contribution >= 4 is 11.9 Å². The minimum absolute atomic E-state index is 0.00274. The van der Waals surface area contributed by atoms with Crippen LogP contribution < -0.4 is 5.11 Å². The Morgan fingerprint density at radius 3 is 2.12 bits per heavy atom. The molecule has 0 aliphatic heterocycles. The van der Waals surface area contributed by atoms with Crippen LogP contribution in [0.5, 0.6) is 0 Å². The summed E-state index contributed by atoms with van der Waals surface area (Å²) in [6.07, 6.45) is 15.8. The molecule has 32 heavy (non-hydrogen) atoms. The van der Waals surface area contributed by atoms with E-state index in [4.69, 9.17) is 9.47 Å². The van der Waals surface area contributed by atoms with Crippen LogP contribution in [-0.2, 0) is 19.1 Å². The van der Waals surface area contributed by atoms with E-state index in [0.717, 1.165) is 25.7 Å². The molecule has 0 spiro atoms. The number of unbranched alkanes of at least 4 members (excludes halogenated alkanes) is 8. The number of aliphatic carboxylic acids is 1. The maximum absolute atomic E-state index is 11.8. The molecule has 0 fully saturated rings. The fraction of sp³-hybridized carbons (Fsp3) is 0.840. The molecule has 1 N–H and O–H groups in total. The number of rotatable bonds is 21. The molecule has 0 radical (unpaired) electrons. The van der Waals surface area contributed by atoms with Gasteiger partial charge >= 0.3 is 5.97 Å². The van der Waals surface area contributed by atoms with Gasteiger partial charge in [-0.25, -0.2) is 0 Å². The lowest BCUT2D eigenvalue weighted by atomic mass is 10.1. The molecule has 0 rings (SSSR count). The van der Waals surface area contributed by atoms with Gasteiger partial charge in [-0.15, -0.1) is 0 Å². The van der Waals surface area contributed by atoms with Gasteiger partial charge < -0.3 is 29.0 Å². The lowest BCUT2D eigenvalue weighted by Crippen LogP contribution is -2.55. The van der Waals surface area contributed by atoms with Gasteiger partial charge in [-0.3, -0.25) is 4.79 Å². The number of carbonyl (C=O) groups is 2. The largest absolute Gasteiger partial charge is 0.544 e. The molecule has 0 saturated heterocycles. The molecule has 0 aromatic heterocycles. The molecule has 2 unspecified atom stereocenters. The first-order chi connectivity index (χ1) is 15.2. The van der Waals surface area contributed by atoms with Crippen LogP contribution in [0.25, 0.3) is 0 Å². The molecule has 7 heteroatoms. The van der Waals surface area contributed by atoms with Crippen LogP contribution in [0, 0.1) is 0 Å². The summed E-state index contributed by atoms with van der Waals surface area (Å²) in [5.41, 5.74) is 0. The molecular weight excluding hydrogens is 410 g/mol. The maximum atomic E-state index is 11.8. The summed E-state index contributed by atoms with van der Waals surface area (Å²) >= 11 is 0. The number of carboxylic acid groups (broad SMARTS) is 1. The summed E-state index contributed by atoms with van der Waals surface area (Å²) in [7, 11) is 5.34. The number of hydrogen-bond acceptors (Lipinski definition) is 6. The molecule has 0 aromatic rings. The van der Waals surface area contributed by atoms with E-state index < -0.39 is 18.1 Å². The average molecular weight is 458 g/mol. The van der Waals surface area contributed by atoms with Crippen molar-refractivity contribution in [2.24, 2.45) is 0 Å². The molecule has 0 amide bonds. The number of aliphatic hydroxyl groups excluding tert-OH is 1. The summed E-state index contributed by atoms with van der Waals surface area (Å²) in [6, 6.07) is -0.683. The van der Waals surface area contributed by atoms with E-state index in [1.54, 1.807) is 21.1 Å². The van der Waals surface area contributed by atoms with Crippen molar-refractivity contribution in [3.8, 4) is 0 Å². The third kappa shape index (κ3) is 18.2. The molecule has 0 bridgehead atoms. The number of aliphatic hydroxyl groups is 1. The fourth-order valence-corrected chi connectivity index (χ4v) is 3.35. The Morgan fingerprint density at radius 2 is 1.53 bits per heavy atom. The second-order valence-electron chi connectivity index (χ2n) is 9.43. The Morgan fingerprint density at radius 1 is 0.938 bits per heavy atom. The first kappa shape index (κ1) is 30.6. The van der Waals surface area contributed by atoms with Gasteiger partial charge in [0.1, 0.15) is 18.8 Å². The number of esters is 1. The van der Waals surface area contributed by atoms with Crippen molar-refractivity contribution in [1.29, 1.82) is 0 Å². The topological polar surface area (TPSA) is 95.9 Å². The number of ether oxygens (including phenoxy) is 2. The minimum Gasteiger partial charge on any atom is -0.544 e. The predicted octanol–water partition coefficient (Wildman–Crippen LogP) is 2.99. The van der Waals surface area contributed by atoms with Gasteiger partial charge in [0.15, 0.2) is 0 Å². The highest BCUT2D eigenvalue weighted by atomic mass is 16.5. The summed E-state index contributed by atoms with van der Waals surface area (Å²) in [4.78, 5) is 23.0. The van der Waals surface area contributed by atoms with Crippen LogP contribution in [-0.4, -0.2) is 74.6 Å². The van der Waals surface area contributed by atoms with Crippen LogP contribution in [0.4, 0.5) is 0 Å². The Bertz CT molecular complexity index is 515. The lowest BCUT2D eigenvalue weighted by Gasteiger charge is -2.34. The molecule has 0 aliphatic carbocycles. The van der Waals surface area contributed by atoms with Crippen molar-refractivity contribution in [3.63, 3.8) is 0 Å². The van der Waals surface area contributed by atoms with Gasteiger partial charge in [0.05, 0.1) is 40.3 Å². The zero-order valence-electron chi connectivity index (χ0n) is 20.9. The van der Waals surface area contributed by atoms with E-state index in [1.807, 2.05) is 0 Å². The number of carboxylic acids is 1. The molecule has 0 heterocycles. The Labute approximate surface area is 195 Å². The van der Waals surface area contributed by atoms with Gasteiger partial charge in [-0.2, -0.15) is 0 Å². The van der Waals surface area contributed by atoms with Crippen LogP contribution in [0.1, 0.15) is 84.0 Å². The Hall–Kier alpha value is -1.44. The van der Waals surface area contributed by atoms with E-state index in [0.29, 0.717) is 6.42 Å². The molecule has 0 aromatic carbocycles. The van der Waals surface area contributed by atoms with Crippen molar-refractivity contribution in [3.05, 3.63) is 12.2 Å². The van der Waals surface area contributed by atoms with E-state index in [2.05, 4.69) is 19.1 Å². The first-order valence-corrected chi connectivity index (χ1v) is 12.3. The van der Waals surface area contributed by atoms with Crippen LogP contribution in [0.2, 0.25) is 0 Å². The smallest absolute Gasteiger partial charge is 0.305 e. The monoisotopic (exact) mass is 457 g/mol. The molecular formula is C25H47NO6. The summed E-state index contributed by atoms with van der Waals surface area (Å²) in [5.74, 6) is -1.42. The van der Waals surface area contributed by atoms with Crippen LogP contribution >= 0.6 is 0 Å². The molecule has 188 valence electrons. The number of carbonyl (C=O) groups excluding carboxylic acids is 2. The van der Waals surface area contributed by atoms with Crippen LogP contribution in [0.3, 0.4) is 0 Å². The third-order valence-electron chi connectivity index (χ3n) is 5.38. The number of nitrogens with zero attached hydrogens (tertiary/aromatic N) is 1. The SMILES string of the molecule is CCCCC/C=C\CCCCCCCC(=O)OCC(O)COCCC(C(=O)[O-])[N+](C)(C)C. The van der Waals surface area contributed by atoms with Gasteiger partial charge in [0, 0.05) is 12.8 Å². The molecule has 0 saturated carbocycles. The Balaban J connectivity index is 3.63. The molecule has 2 atom stereocenters. The van der Waals surface area contributed by atoms with Gasteiger partial charge in [0.25, 0.3) is 0 Å². The number of quaternary nitrogens is 1. The summed E-state index contributed by atoms with van der Waals surface area (Å²) in [5, 5.41) is 21.1. The van der Waals surface area contributed by atoms with E-state index in [9.17, 15) is 19.8 Å². The highest BCUT2D eigenvalue weighted by Gasteiger charge is 2.24. The predicted molar refractivity (Wildman–Crippen MR) is 125 cm³/mol. The second-order valence-corrected chi connectivity index (χ2v) is 9.43. The standard InChI is InChI=1S/C25H47NO6/c1-5-6-7-8-9-10-11-12-13-14-15-16-17-24(28)32-21-22(27)20-31-19-18-23(25(29)30)26(2,3)4/h9-10,22-23,27H,5-8,11-21H2,1-4H3/b10-9-. The fourth-order valence-electron chi connectivity index (χ4n) is 3.35. The van der Waals surface area contributed by atoms with Crippen molar-refractivity contribution in [2.75, 3.05) is 41.0 Å². The second kappa shape index (κ2) is 19.1. The van der Waals surface area contributed by atoms with E-state index >= 15 is 0 Å². The van der Waals surface area contributed by atoms with Crippen molar-refractivity contribution in [1.82, 2.24) is 0 Å². The maximum Gasteiger partial charge on any atom is 0.305 e. The highest BCUT2D eigenvalue weighted by Crippen LogP contribution is 2.10. The summed E-state index contributed by atoms with van der Waals surface area (Å²) < 4.78 is 10.7. The number of allylic oxidation sites excluding steroid dienone is 2. The lowest BCUT2D eigenvalue weighted by molar-refractivity contribution is -0.889. The average Bonchev–Trinajstić information content (AvgIpc) is 2.71. The van der Waals surface area contributed by atoms with Gasteiger partial charge in [-0.05, 0) is 32.1 Å². The summed E-state index contributed by atoms with van der Waals surface area (Å²) in [6.45, 7) is 2.30. The van der Waals surface area contributed by atoms with Gasteiger partial charge in [-0.1, -0.05) is 51.2 Å². The van der Waals surface area contributed by atoms with Gasteiger partial charge in [0.2, 0.25) is 0 Å². The van der Waals surface area contributed by atoms with E-state index in [1.165, 1.54) is 38.5 Å². The quantitative estimate of drug-likeness (QED) is 0.123. The zero-order valence-corrected chi connectivity index (χ0v) is 20.9.